The second-order valence-corrected chi connectivity index (χ2v) is 6.41. The Morgan fingerprint density at radius 3 is 2.77 bits per heavy atom. The van der Waals surface area contributed by atoms with Gasteiger partial charge in [0.1, 0.15) is 0 Å². The first-order valence-corrected chi connectivity index (χ1v) is 8.15. The molecule has 0 aliphatic rings. The van der Waals surface area contributed by atoms with E-state index in [-0.39, 0.29) is 0 Å². The normalized spacial score (nSPS) is 12.7. The van der Waals surface area contributed by atoms with Crippen LogP contribution in [0.25, 0.3) is 11.4 Å². The first kappa shape index (κ1) is 14.9. The molecule has 2 heterocycles. The van der Waals surface area contributed by atoms with Gasteiger partial charge in [-0.15, -0.1) is 11.3 Å². The fourth-order valence-electron chi connectivity index (χ4n) is 2.35. The third kappa shape index (κ3) is 3.10. The van der Waals surface area contributed by atoms with Gasteiger partial charge in [0.15, 0.2) is 0 Å². The Morgan fingerprint density at radius 1 is 1.23 bits per heavy atom. The summed E-state index contributed by atoms with van der Waals surface area (Å²) >= 11 is 1.77. The quantitative estimate of drug-likeness (QED) is 0.704. The Balaban J connectivity index is 1.73. The smallest absolute Gasteiger partial charge is 0.241 e. The van der Waals surface area contributed by atoms with Crippen molar-refractivity contribution < 1.29 is 4.52 Å². The molecule has 0 fully saturated rings. The zero-order valence-electron chi connectivity index (χ0n) is 13.0. The van der Waals surface area contributed by atoms with E-state index in [9.17, 15) is 0 Å². The third-order valence-electron chi connectivity index (χ3n) is 3.85. The SMILES string of the molecule is Cc1ccccc1-c1noc(CN(C)C(C)c2cccs2)n1. The summed E-state index contributed by atoms with van der Waals surface area (Å²) in [5.41, 5.74) is 2.17. The lowest BCUT2D eigenvalue weighted by atomic mass is 10.1. The molecule has 1 atom stereocenters. The maximum atomic E-state index is 5.41. The van der Waals surface area contributed by atoms with Crippen LogP contribution < -0.4 is 0 Å². The fraction of sp³-hybridized carbons (Fsp3) is 0.294. The van der Waals surface area contributed by atoms with E-state index in [1.807, 2.05) is 18.2 Å². The minimum absolute atomic E-state index is 0.328. The maximum absolute atomic E-state index is 5.41. The van der Waals surface area contributed by atoms with E-state index in [0.717, 1.165) is 11.1 Å². The average Bonchev–Trinajstić information content (AvgIpc) is 3.18. The van der Waals surface area contributed by atoms with Crippen molar-refractivity contribution in [3.05, 3.63) is 58.1 Å². The molecule has 0 spiro atoms. The molecule has 1 aromatic carbocycles. The van der Waals surface area contributed by atoms with Crippen LogP contribution in [0.2, 0.25) is 0 Å². The van der Waals surface area contributed by atoms with E-state index in [1.54, 1.807) is 11.3 Å². The van der Waals surface area contributed by atoms with E-state index in [1.165, 1.54) is 4.88 Å². The van der Waals surface area contributed by atoms with Gasteiger partial charge >= 0.3 is 0 Å². The second kappa shape index (κ2) is 6.42. The summed E-state index contributed by atoms with van der Waals surface area (Å²) in [7, 11) is 2.07. The van der Waals surface area contributed by atoms with Gasteiger partial charge < -0.3 is 4.52 Å². The number of benzene rings is 1. The molecule has 5 heteroatoms. The number of thiophene rings is 1. The van der Waals surface area contributed by atoms with Crippen molar-refractivity contribution in [3.8, 4) is 11.4 Å². The van der Waals surface area contributed by atoms with E-state index < -0.39 is 0 Å². The predicted molar refractivity (Wildman–Crippen MR) is 88.7 cm³/mol. The van der Waals surface area contributed by atoms with Crippen LogP contribution in [0.15, 0.2) is 46.3 Å². The molecule has 0 aliphatic carbocycles. The van der Waals surface area contributed by atoms with Gasteiger partial charge in [0, 0.05) is 16.5 Å². The van der Waals surface area contributed by atoms with Gasteiger partial charge in [-0.2, -0.15) is 4.98 Å². The number of hydrogen-bond donors (Lipinski definition) is 0. The van der Waals surface area contributed by atoms with Crippen LogP contribution in [-0.4, -0.2) is 22.1 Å². The van der Waals surface area contributed by atoms with Gasteiger partial charge in [-0.1, -0.05) is 35.5 Å². The summed E-state index contributed by atoms with van der Waals surface area (Å²) < 4.78 is 5.41. The van der Waals surface area contributed by atoms with Crippen molar-refractivity contribution in [2.75, 3.05) is 7.05 Å². The minimum Gasteiger partial charge on any atom is -0.338 e. The van der Waals surface area contributed by atoms with E-state index >= 15 is 0 Å². The Morgan fingerprint density at radius 2 is 2.05 bits per heavy atom. The van der Waals surface area contributed by atoms with Crippen molar-refractivity contribution in [1.82, 2.24) is 15.0 Å². The van der Waals surface area contributed by atoms with Gasteiger partial charge in [-0.3, -0.25) is 4.90 Å². The van der Waals surface area contributed by atoms with Crippen LogP contribution in [0.4, 0.5) is 0 Å². The van der Waals surface area contributed by atoms with Gasteiger partial charge in [-0.25, -0.2) is 0 Å². The highest BCUT2D eigenvalue weighted by atomic mass is 32.1. The largest absolute Gasteiger partial charge is 0.338 e. The lowest BCUT2D eigenvalue weighted by Gasteiger charge is -2.21. The monoisotopic (exact) mass is 313 g/mol. The zero-order chi connectivity index (χ0) is 15.5. The zero-order valence-corrected chi connectivity index (χ0v) is 13.8. The molecule has 1 unspecified atom stereocenters. The molecule has 4 nitrogen and oxygen atoms in total. The molecule has 0 N–H and O–H groups in total. The van der Waals surface area contributed by atoms with E-state index in [0.29, 0.717) is 24.3 Å². The van der Waals surface area contributed by atoms with Gasteiger partial charge in [0.05, 0.1) is 6.54 Å². The average molecular weight is 313 g/mol. The highest BCUT2D eigenvalue weighted by Crippen LogP contribution is 2.25. The topological polar surface area (TPSA) is 42.2 Å². The summed E-state index contributed by atoms with van der Waals surface area (Å²) in [5.74, 6) is 1.30. The van der Waals surface area contributed by atoms with E-state index in [2.05, 4.69) is 59.5 Å². The van der Waals surface area contributed by atoms with Crippen molar-refractivity contribution in [1.29, 1.82) is 0 Å². The summed E-state index contributed by atoms with van der Waals surface area (Å²) in [6.07, 6.45) is 0. The van der Waals surface area contributed by atoms with Crippen molar-refractivity contribution >= 4 is 11.3 Å². The van der Waals surface area contributed by atoms with Crippen LogP contribution in [0.3, 0.4) is 0 Å². The number of rotatable bonds is 5. The molecule has 0 saturated heterocycles. The van der Waals surface area contributed by atoms with Crippen molar-refractivity contribution in [3.63, 3.8) is 0 Å². The van der Waals surface area contributed by atoms with Crippen LogP contribution in [0.5, 0.6) is 0 Å². The number of hydrogen-bond acceptors (Lipinski definition) is 5. The Labute approximate surface area is 134 Å². The maximum Gasteiger partial charge on any atom is 0.241 e. The summed E-state index contributed by atoms with van der Waals surface area (Å²) in [6, 6.07) is 12.6. The van der Waals surface area contributed by atoms with E-state index in [4.69, 9.17) is 4.52 Å². The number of aryl methyl sites for hydroxylation is 1. The molecule has 2 aromatic heterocycles. The molecule has 0 saturated carbocycles. The van der Waals surface area contributed by atoms with Crippen LogP contribution >= 0.6 is 11.3 Å². The molecule has 0 bridgehead atoms. The molecule has 114 valence electrons. The van der Waals surface area contributed by atoms with Crippen LogP contribution in [0.1, 0.15) is 29.3 Å². The minimum atomic E-state index is 0.328. The standard InChI is InChI=1S/C17H19N3OS/c1-12-7-4-5-8-14(12)17-18-16(21-19-17)11-20(3)13(2)15-9-6-10-22-15/h4-10,13H,11H2,1-3H3. The molecule has 0 aliphatic heterocycles. The summed E-state index contributed by atoms with van der Waals surface area (Å²) in [4.78, 5) is 8.07. The first-order chi connectivity index (χ1) is 10.6. The van der Waals surface area contributed by atoms with Crippen LogP contribution in [-0.2, 0) is 6.54 Å². The summed E-state index contributed by atoms with van der Waals surface area (Å²) in [5, 5.41) is 6.21. The highest BCUT2D eigenvalue weighted by molar-refractivity contribution is 7.10. The molecule has 0 amide bonds. The van der Waals surface area contributed by atoms with Crippen molar-refractivity contribution in [2.45, 2.75) is 26.4 Å². The molecular formula is C17H19N3OS. The highest BCUT2D eigenvalue weighted by Gasteiger charge is 2.17. The van der Waals surface area contributed by atoms with Crippen molar-refractivity contribution in [2.24, 2.45) is 0 Å². The van der Waals surface area contributed by atoms with Gasteiger partial charge in [-0.05, 0) is 37.9 Å². The Bertz CT molecular complexity index is 736. The third-order valence-corrected chi connectivity index (χ3v) is 4.90. The second-order valence-electron chi connectivity index (χ2n) is 5.43. The Hall–Kier alpha value is -1.98. The lowest BCUT2D eigenvalue weighted by molar-refractivity contribution is 0.219. The molecule has 22 heavy (non-hydrogen) atoms. The first-order valence-electron chi connectivity index (χ1n) is 7.27. The number of nitrogens with zero attached hydrogens (tertiary/aromatic N) is 3. The van der Waals surface area contributed by atoms with Gasteiger partial charge in [0.2, 0.25) is 11.7 Å². The lowest BCUT2D eigenvalue weighted by Crippen LogP contribution is -2.21. The van der Waals surface area contributed by atoms with Crippen LogP contribution in [0, 0.1) is 6.92 Å². The number of aromatic nitrogens is 2. The van der Waals surface area contributed by atoms with Gasteiger partial charge in [0.25, 0.3) is 0 Å². The Kier molecular flexibility index (Phi) is 4.36. The molecular weight excluding hydrogens is 294 g/mol. The molecule has 0 radical (unpaired) electrons. The molecule has 3 rings (SSSR count). The summed E-state index contributed by atoms with van der Waals surface area (Å²) in [6.45, 7) is 4.87. The predicted octanol–water partition coefficient (Wildman–Crippen LogP) is 4.30. The fourth-order valence-corrected chi connectivity index (χ4v) is 3.20. The molecule has 3 aromatic rings.